The first-order valence-electron chi connectivity index (χ1n) is 5.11. The van der Waals surface area contributed by atoms with E-state index in [0.717, 1.165) is 17.1 Å². The molecule has 0 saturated heterocycles. The summed E-state index contributed by atoms with van der Waals surface area (Å²) in [5.74, 6) is 1.68. The summed E-state index contributed by atoms with van der Waals surface area (Å²) in [4.78, 5) is 4.27. The van der Waals surface area contributed by atoms with E-state index in [1.807, 2.05) is 35.0 Å². The molecule has 2 rings (SSSR count). The SMILES string of the molecule is COc1ccc(-c2nccn2CCO)cc1. The van der Waals surface area contributed by atoms with Gasteiger partial charge in [0.05, 0.1) is 13.7 Å². The van der Waals surface area contributed by atoms with Gasteiger partial charge in [-0.3, -0.25) is 0 Å². The van der Waals surface area contributed by atoms with E-state index in [1.54, 1.807) is 13.3 Å². The van der Waals surface area contributed by atoms with Gasteiger partial charge in [-0.05, 0) is 24.3 Å². The molecule has 0 fully saturated rings. The molecule has 0 amide bonds. The topological polar surface area (TPSA) is 47.3 Å². The molecular weight excluding hydrogens is 204 g/mol. The van der Waals surface area contributed by atoms with Gasteiger partial charge in [0.2, 0.25) is 0 Å². The van der Waals surface area contributed by atoms with Crippen LogP contribution in [-0.4, -0.2) is 28.4 Å². The highest BCUT2D eigenvalue weighted by Crippen LogP contribution is 2.20. The average Bonchev–Trinajstić information content (AvgIpc) is 2.78. The van der Waals surface area contributed by atoms with Crippen LogP contribution in [0.15, 0.2) is 36.7 Å². The van der Waals surface area contributed by atoms with Crippen LogP contribution in [0.5, 0.6) is 5.75 Å². The fourth-order valence-electron chi connectivity index (χ4n) is 1.60. The molecular formula is C12H14N2O2. The van der Waals surface area contributed by atoms with Crippen LogP contribution in [0.25, 0.3) is 11.4 Å². The van der Waals surface area contributed by atoms with Crippen LogP contribution in [0, 0.1) is 0 Å². The van der Waals surface area contributed by atoms with E-state index in [4.69, 9.17) is 9.84 Å². The number of ether oxygens (including phenoxy) is 1. The molecule has 0 bridgehead atoms. The maximum Gasteiger partial charge on any atom is 0.139 e. The molecule has 84 valence electrons. The molecule has 1 N–H and O–H groups in total. The number of methoxy groups -OCH3 is 1. The summed E-state index contributed by atoms with van der Waals surface area (Å²) in [6, 6.07) is 7.70. The summed E-state index contributed by atoms with van der Waals surface area (Å²) in [6.45, 7) is 0.668. The smallest absolute Gasteiger partial charge is 0.139 e. The lowest BCUT2D eigenvalue weighted by molar-refractivity contribution is 0.276. The quantitative estimate of drug-likeness (QED) is 0.847. The number of hydrogen-bond donors (Lipinski definition) is 1. The molecule has 0 unspecified atom stereocenters. The minimum Gasteiger partial charge on any atom is -0.497 e. The minimum absolute atomic E-state index is 0.111. The van der Waals surface area contributed by atoms with Crippen LogP contribution < -0.4 is 4.74 Å². The number of aromatic nitrogens is 2. The third kappa shape index (κ3) is 2.06. The van der Waals surface area contributed by atoms with Gasteiger partial charge >= 0.3 is 0 Å². The molecule has 0 radical (unpaired) electrons. The highest BCUT2D eigenvalue weighted by atomic mass is 16.5. The van der Waals surface area contributed by atoms with Gasteiger partial charge in [0.1, 0.15) is 11.6 Å². The van der Waals surface area contributed by atoms with Crippen molar-refractivity contribution < 1.29 is 9.84 Å². The van der Waals surface area contributed by atoms with Crippen molar-refractivity contribution in [3.8, 4) is 17.1 Å². The van der Waals surface area contributed by atoms with Gasteiger partial charge in [-0.25, -0.2) is 4.98 Å². The molecule has 0 atom stereocenters. The van der Waals surface area contributed by atoms with Crippen LogP contribution in [0.4, 0.5) is 0 Å². The Labute approximate surface area is 94.1 Å². The number of hydrogen-bond acceptors (Lipinski definition) is 3. The van der Waals surface area contributed by atoms with E-state index in [0.29, 0.717) is 6.54 Å². The predicted octanol–water partition coefficient (Wildman–Crippen LogP) is 1.55. The Hall–Kier alpha value is -1.81. The van der Waals surface area contributed by atoms with E-state index >= 15 is 0 Å². The molecule has 1 heterocycles. The number of imidazole rings is 1. The first kappa shape index (κ1) is 10.7. The maximum atomic E-state index is 8.92. The van der Waals surface area contributed by atoms with Gasteiger partial charge < -0.3 is 14.4 Å². The second-order valence-corrected chi connectivity index (χ2v) is 3.40. The normalized spacial score (nSPS) is 10.4. The van der Waals surface area contributed by atoms with Crippen molar-refractivity contribution in [3.63, 3.8) is 0 Å². The fourth-order valence-corrected chi connectivity index (χ4v) is 1.60. The monoisotopic (exact) mass is 218 g/mol. The van der Waals surface area contributed by atoms with Crippen molar-refractivity contribution >= 4 is 0 Å². The molecule has 0 aliphatic carbocycles. The second-order valence-electron chi connectivity index (χ2n) is 3.40. The molecule has 0 spiro atoms. The Balaban J connectivity index is 2.31. The van der Waals surface area contributed by atoms with Gasteiger partial charge in [0.15, 0.2) is 0 Å². The number of benzene rings is 1. The molecule has 0 saturated carbocycles. The lowest BCUT2D eigenvalue weighted by Crippen LogP contribution is -2.02. The van der Waals surface area contributed by atoms with Crippen molar-refractivity contribution in [1.29, 1.82) is 0 Å². The van der Waals surface area contributed by atoms with Crippen LogP contribution in [0.3, 0.4) is 0 Å². The molecule has 4 heteroatoms. The Morgan fingerprint density at radius 3 is 2.69 bits per heavy atom. The number of aliphatic hydroxyl groups is 1. The van der Waals surface area contributed by atoms with Gasteiger partial charge in [-0.1, -0.05) is 0 Å². The van der Waals surface area contributed by atoms with Crippen molar-refractivity contribution in [2.24, 2.45) is 0 Å². The summed E-state index contributed by atoms with van der Waals surface area (Å²) < 4.78 is 7.02. The van der Waals surface area contributed by atoms with Crippen molar-refractivity contribution in [2.45, 2.75) is 6.54 Å². The zero-order chi connectivity index (χ0) is 11.4. The average molecular weight is 218 g/mol. The molecule has 16 heavy (non-hydrogen) atoms. The third-order valence-electron chi connectivity index (χ3n) is 2.40. The van der Waals surface area contributed by atoms with Crippen LogP contribution in [0.2, 0.25) is 0 Å². The van der Waals surface area contributed by atoms with Crippen molar-refractivity contribution in [3.05, 3.63) is 36.7 Å². The summed E-state index contributed by atoms with van der Waals surface area (Å²) in [5.41, 5.74) is 1.01. The van der Waals surface area contributed by atoms with Crippen LogP contribution in [0.1, 0.15) is 0 Å². The van der Waals surface area contributed by atoms with Crippen LogP contribution >= 0.6 is 0 Å². The van der Waals surface area contributed by atoms with Gasteiger partial charge in [0.25, 0.3) is 0 Å². The fraction of sp³-hybridized carbons (Fsp3) is 0.250. The molecule has 4 nitrogen and oxygen atoms in total. The van der Waals surface area contributed by atoms with Crippen LogP contribution in [-0.2, 0) is 6.54 Å². The number of rotatable bonds is 4. The lowest BCUT2D eigenvalue weighted by atomic mass is 10.2. The maximum absolute atomic E-state index is 8.92. The summed E-state index contributed by atoms with van der Waals surface area (Å²) in [6.07, 6.45) is 3.59. The van der Waals surface area contributed by atoms with E-state index in [1.165, 1.54) is 0 Å². The first-order chi connectivity index (χ1) is 7.85. The van der Waals surface area contributed by atoms with Gasteiger partial charge in [-0.15, -0.1) is 0 Å². The number of aliphatic hydroxyl groups excluding tert-OH is 1. The molecule has 1 aromatic carbocycles. The largest absolute Gasteiger partial charge is 0.497 e. The number of nitrogens with zero attached hydrogens (tertiary/aromatic N) is 2. The second kappa shape index (κ2) is 4.81. The standard InChI is InChI=1S/C12H14N2O2/c1-16-11-4-2-10(3-5-11)12-13-6-7-14(12)8-9-15/h2-7,15H,8-9H2,1H3. The van der Waals surface area contributed by atoms with Crippen molar-refractivity contribution in [1.82, 2.24) is 9.55 Å². The van der Waals surface area contributed by atoms with Gasteiger partial charge in [0, 0.05) is 24.5 Å². The predicted molar refractivity (Wildman–Crippen MR) is 61.3 cm³/mol. The zero-order valence-corrected chi connectivity index (χ0v) is 9.13. The Morgan fingerprint density at radius 1 is 1.31 bits per heavy atom. The van der Waals surface area contributed by atoms with E-state index in [2.05, 4.69) is 4.98 Å². The lowest BCUT2D eigenvalue weighted by Gasteiger charge is -2.06. The molecule has 0 aliphatic rings. The summed E-state index contributed by atoms with van der Waals surface area (Å²) in [7, 11) is 1.64. The van der Waals surface area contributed by atoms with E-state index in [9.17, 15) is 0 Å². The zero-order valence-electron chi connectivity index (χ0n) is 9.13. The molecule has 1 aromatic heterocycles. The summed E-state index contributed by atoms with van der Waals surface area (Å²) in [5, 5.41) is 8.92. The summed E-state index contributed by atoms with van der Waals surface area (Å²) >= 11 is 0. The van der Waals surface area contributed by atoms with Crippen molar-refractivity contribution in [2.75, 3.05) is 13.7 Å². The highest BCUT2D eigenvalue weighted by molar-refractivity contribution is 5.56. The minimum atomic E-state index is 0.111. The third-order valence-corrected chi connectivity index (χ3v) is 2.40. The Bertz CT molecular complexity index is 448. The van der Waals surface area contributed by atoms with E-state index in [-0.39, 0.29) is 6.61 Å². The molecule has 2 aromatic rings. The van der Waals surface area contributed by atoms with Gasteiger partial charge in [-0.2, -0.15) is 0 Å². The highest BCUT2D eigenvalue weighted by Gasteiger charge is 2.05. The van der Waals surface area contributed by atoms with E-state index < -0.39 is 0 Å². The first-order valence-corrected chi connectivity index (χ1v) is 5.11. The molecule has 0 aliphatic heterocycles. The Kier molecular flexibility index (Phi) is 3.22. The Morgan fingerprint density at radius 2 is 2.06 bits per heavy atom.